The van der Waals surface area contributed by atoms with Crippen molar-refractivity contribution in [3.63, 3.8) is 0 Å². The number of carboxylic acid groups (broad SMARTS) is 1. The number of carbonyl (C=O) groups excluding carboxylic acids is 1. The summed E-state index contributed by atoms with van der Waals surface area (Å²) in [6, 6.07) is 4.68. The second-order valence-electron chi connectivity index (χ2n) is 7.96. The van der Waals surface area contributed by atoms with Crippen LogP contribution < -0.4 is 0 Å². The van der Waals surface area contributed by atoms with Gasteiger partial charge in [-0.2, -0.15) is 0 Å². The standard InChI is InChI=1S/C20H26O15/c21-5-10-12(24)14(26)16(28)20(33-10,34-18(31)9-4-2-1-3-8(9)17(29)30)35-19(7-23)15(27)13(25)11(6-22)32-19/h1-4,10-16,21-28H,5-7H2,(H,29,30)/t10-,11-,12-,13-,14+,15+,16-,19?,20+/m1/s1. The summed E-state index contributed by atoms with van der Waals surface area (Å²) in [6.45, 7) is -3.17. The SMILES string of the molecule is O=C(O)c1ccccc1C(=O)O[C@@]1(OC2(CO)O[C@H](CO)[C@@H](O)[C@@H]2O)O[C@H](CO)[C@@H](O)[C@H](O)[C@H]1O. The van der Waals surface area contributed by atoms with Crippen LogP contribution in [0, 0.1) is 0 Å². The van der Waals surface area contributed by atoms with Crippen LogP contribution in [0.4, 0.5) is 0 Å². The van der Waals surface area contributed by atoms with Crippen LogP contribution >= 0.6 is 0 Å². The lowest BCUT2D eigenvalue weighted by Gasteiger charge is -2.49. The first-order valence-electron chi connectivity index (χ1n) is 10.3. The van der Waals surface area contributed by atoms with Crippen LogP contribution in [0.2, 0.25) is 0 Å². The molecule has 1 aromatic rings. The van der Waals surface area contributed by atoms with Gasteiger partial charge in [-0.1, -0.05) is 12.1 Å². The van der Waals surface area contributed by atoms with Crippen molar-refractivity contribution in [2.45, 2.75) is 54.5 Å². The lowest BCUT2D eigenvalue weighted by Crippen LogP contribution is -2.70. The van der Waals surface area contributed by atoms with Crippen molar-refractivity contribution < 1.29 is 74.5 Å². The zero-order valence-corrected chi connectivity index (χ0v) is 17.9. The summed E-state index contributed by atoms with van der Waals surface area (Å²) in [7, 11) is 0. The molecule has 15 heteroatoms. The fraction of sp³-hybridized carbons (Fsp3) is 0.600. The van der Waals surface area contributed by atoms with Crippen LogP contribution in [0.3, 0.4) is 0 Å². The van der Waals surface area contributed by atoms with Gasteiger partial charge in [0.05, 0.1) is 24.3 Å². The second-order valence-corrected chi connectivity index (χ2v) is 7.96. The van der Waals surface area contributed by atoms with Crippen LogP contribution in [0.1, 0.15) is 20.7 Å². The average molecular weight is 506 g/mol. The number of hydrogen-bond donors (Lipinski definition) is 9. The number of aliphatic hydroxyl groups is 8. The van der Waals surface area contributed by atoms with E-state index in [0.29, 0.717) is 0 Å². The molecule has 9 N–H and O–H groups in total. The number of carbonyl (C=O) groups is 2. The maximum absolute atomic E-state index is 13.0. The summed E-state index contributed by atoms with van der Waals surface area (Å²) in [5, 5.41) is 90.0. The fourth-order valence-corrected chi connectivity index (χ4v) is 3.83. The third-order valence-electron chi connectivity index (χ3n) is 5.75. The van der Waals surface area contributed by atoms with E-state index in [1.54, 1.807) is 0 Å². The monoisotopic (exact) mass is 506 g/mol. The highest BCUT2D eigenvalue weighted by molar-refractivity contribution is 6.02. The number of aliphatic hydroxyl groups excluding tert-OH is 8. The smallest absolute Gasteiger partial charge is 0.362 e. The van der Waals surface area contributed by atoms with Gasteiger partial charge in [0.1, 0.15) is 43.2 Å². The predicted octanol–water partition coefficient (Wildman–Crippen LogP) is -4.51. The number of hydrogen-bond acceptors (Lipinski definition) is 14. The molecule has 1 unspecified atom stereocenters. The Morgan fingerprint density at radius 3 is 1.91 bits per heavy atom. The minimum Gasteiger partial charge on any atom is -0.478 e. The van der Waals surface area contributed by atoms with E-state index < -0.39 is 97.4 Å². The number of ether oxygens (including phenoxy) is 4. The van der Waals surface area contributed by atoms with E-state index in [-0.39, 0.29) is 0 Å². The van der Waals surface area contributed by atoms with E-state index in [2.05, 4.69) is 0 Å². The first kappa shape index (κ1) is 27.3. The molecule has 2 aliphatic heterocycles. The molecule has 0 bridgehead atoms. The Bertz CT molecular complexity index is 924. The molecule has 0 saturated carbocycles. The maximum Gasteiger partial charge on any atom is 0.362 e. The van der Waals surface area contributed by atoms with Crippen molar-refractivity contribution >= 4 is 11.9 Å². The molecule has 0 amide bonds. The highest BCUT2D eigenvalue weighted by Crippen LogP contribution is 2.42. The van der Waals surface area contributed by atoms with E-state index in [4.69, 9.17) is 18.9 Å². The molecule has 0 spiro atoms. The lowest BCUT2D eigenvalue weighted by molar-refractivity contribution is -0.496. The van der Waals surface area contributed by atoms with Crippen molar-refractivity contribution in [1.82, 2.24) is 0 Å². The summed E-state index contributed by atoms with van der Waals surface area (Å²) in [4.78, 5) is 24.5. The zero-order valence-electron chi connectivity index (χ0n) is 17.9. The molecule has 0 radical (unpaired) electrons. The topological polar surface area (TPSA) is 253 Å². The molecule has 0 aromatic heterocycles. The molecular formula is C20H26O15. The summed E-state index contributed by atoms with van der Waals surface area (Å²) in [5.74, 6) is -9.01. The Hall–Kier alpha value is -2.28. The molecule has 9 atom stereocenters. The van der Waals surface area contributed by atoms with Gasteiger partial charge in [0.15, 0.2) is 6.10 Å². The molecule has 15 nitrogen and oxygen atoms in total. The van der Waals surface area contributed by atoms with Crippen molar-refractivity contribution in [3.8, 4) is 0 Å². The lowest BCUT2D eigenvalue weighted by atomic mass is 9.97. The average Bonchev–Trinajstić information content (AvgIpc) is 3.09. The molecule has 196 valence electrons. The quantitative estimate of drug-likeness (QED) is 0.119. The summed E-state index contributed by atoms with van der Waals surface area (Å²) in [5.41, 5.74) is -1.11. The van der Waals surface area contributed by atoms with Gasteiger partial charge in [-0.15, -0.1) is 0 Å². The Labute approximate surface area is 196 Å². The molecule has 2 saturated heterocycles. The number of aromatic carboxylic acids is 1. The molecular weight excluding hydrogens is 480 g/mol. The minimum atomic E-state index is -3.25. The zero-order chi connectivity index (χ0) is 26.1. The van der Waals surface area contributed by atoms with Gasteiger partial charge in [0, 0.05) is 0 Å². The van der Waals surface area contributed by atoms with Gasteiger partial charge in [-0.3, -0.25) is 4.74 Å². The molecule has 35 heavy (non-hydrogen) atoms. The van der Waals surface area contributed by atoms with Gasteiger partial charge < -0.3 is 60.2 Å². The maximum atomic E-state index is 13.0. The van der Waals surface area contributed by atoms with E-state index >= 15 is 0 Å². The van der Waals surface area contributed by atoms with Crippen LogP contribution in [0.15, 0.2) is 24.3 Å². The third-order valence-corrected chi connectivity index (χ3v) is 5.75. The van der Waals surface area contributed by atoms with E-state index in [1.807, 2.05) is 0 Å². The molecule has 1 aromatic carbocycles. The van der Waals surface area contributed by atoms with Gasteiger partial charge in [0.2, 0.25) is 5.79 Å². The van der Waals surface area contributed by atoms with Crippen molar-refractivity contribution in [3.05, 3.63) is 35.4 Å². The van der Waals surface area contributed by atoms with E-state index in [0.717, 1.165) is 12.1 Å². The Morgan fingerprint density at radius 1 is 0.829 bits per heavy atom. The van der Waals surface area contributed by atoms with Gasteiger partial charge in [0.25, 0.3) is 0 Å². The predicted molar refractivity (Wildman–Crippen MR) is 106 cm³/mol. The number of carboxylic acids is 1. The Morgan fingerprint density at radius 2 is 1.40 bits per heavy atom. The first-order valence-corrected chi connectivity index (χ1v) is 10.3. The molecule has 2 heterocycles. The van der Waals surface area contributed by atoms with Crippen LogP contribution in [0.25, 0.3) is 0 Å². The first-order chi connectivity index (χ1) is 16.5. The van der Waals surface area contributed by atoms with Gasteiger partial charge in [-0.05, 0) is 12.1 Å². The number of rotatable bonds is 8. The fourth-order valence-electron chi connectivity index (χ4n) is 3.83. The summed E-state index contributed by atoms with van der Waals surface area (Å²) < 4.78 is 21.0. The second kappa shape index (κ2) is 10.4. The third kappa shape index (κ3) is 4.76. The highest BCUT2D eigenvalue weighted by atomic mass is 16.9. The minimum absolute atomic E-state index is 0.540. The normalized spacial score (nSPS) is 39.4. The highest BCUT2D eigenvalue weighted by Gasteiger charge is 2.66. The van der Waals surface area contributed by atoms with Gasteiger partial charge in [-0.25, -0.2) is 9.59 Å². The van der Waals surface area contributed by atoms with E-state index in [9.17, 15) is 55.5 Å². The van der Waals surface area contributed by atoms with Gasteiger partial charge >= 0.3 is 17.9 Å². The summed E-state index contributed by atoms with van der Waals surface area (Å²) in [6.07, 6.45) is -13.9. The van der Waals surface area contributed by atoms with Crippen LogP contribution in [-0.2, 0) is 18.9 Å². The van der Waals surface area contributed by atoms with Crippen molar-refractivity contribution in [2.75, 3.05) is 19.8 Å². The molecule has 2 fully saturated rings. The summed E-state index contributed by atoms with van der Waals surface area (Å²) >= 11 is 0. The van der Waals surface area contributed by atoms with E-state index in [1.165, 1.54) is 12.1 Å². The molecule has 3 rings (SSSR count). The van der Waals surface area contributed by atoms with Crippen molar-refractivity contribution in [2.24, 2.45) is 0 Å². The largest absolute Gasteiger partial charge is 0.478 e. The van der Waals surface area contributed by atoms with Crippen molar-refractivity contribution in [1.29, 1.82) is 0 Å². The van der Waals surface area contributed by atoms with Crippen LogP contribution in [-0.4, -0.2) is 132 Å². The Kier molecular flexibility index (Phi) is 8.09. The molecule has 0 aliphatic carbocycles. The Balaban J connectivity index is 2.08. The van der Waals surface area contributed by atoms with Crippen LogP contribution in [0.5, 0.6) is 0 Å². The molecule has 2 aliphatic rings. The number of esters is 1. The number of benzene rings is 1.